The second kappa shape index (κ2) is 10.5. The first-order valence-electron chi connectivity index (χ1n) is 4.06. The molecule has 0 heterocycles. The Bertz CT molecular complexity index is 277. The van der Waals surface area contributed by atoms with Crippen LogP contribution in [0.1, 0.15) is 0 Å². The number of aliphatic hydroxyl groups is 4. The first kappa shape index (κ1) is 22.7. The van der Waals surface area contributed by atoms with Crippen molar-refractivity contribution in [3.63, 3.8) is 0 Å². The number of aliphatic carboxylic acids is 2. The molecule has 4 atom stereocenters. The molecule has 0 aromatic carbocycles. The van der Waals surface area contributed by atoms with E-state index >= 15 is 0 Å². The predicted molar refractivity (Wildman–Crippen MR) is 42.1 cm³/mol. The van der Waals surface area contributed by atoms with Gasteiger partial charge in [-0.25, -0.2) is 0 Å². The van der Waals surface area contributed by atoms with Gasteiger partial charge >= 0.3 is 17.1 Å². The van der Waals surface area contributed by atoms with Crippen molar-refractivity contribution >= 4 is 18.1 Å². The van der Waals surface area contributed by atoms with Gasteiger partial charge in [0.15, 0.2) is 0 Å². The van der Waals surface area contributed by atoms with Crippen molar-refractivity contribution in [3.05, 3.63) is 0 Å². The average Bonchev–Trinajstić information content (AvgIpc) is 2.23. The Morgan fingerprint density at radius 1 is 0.737 bits per heavy atom. The van der Waals surface area contributed by atoms with E-state index in [0.29, 0.717) is 0 Å². The van der Waals surface area contributed by atoms with Crippen molar-refractivity contribution in [1.82, 2.24) is 0 Å². The summed E-state index contributed by atoms with van der Waals surface area (Å²) in [6.07, 6.45) is -11.8. The SMILES string of the molecule is O=C([O-])O.O=C([O-])[C@@H](O)[C@@H](O)[C@H](O)[C@@H](O)C(=O)[O-].[Fe+3]. The van der Waals surface area contributed by atoms with Crippen molar-refractivity contribution in [2.24, 2.45) is 0 Å². The van der Waals surface area contributed by atoms with E-state index in [2.05, 4.69) is 0 Å². The van der Waals surface area contributed by atoms with Crippen LogP contribution in [0.3, 0.4) is 0 Å². The molecule has 11 nitrogen and oxygen atoms in total. The van der Waals surface area contributed by atoms with Crippen molar-refractivity contribution in [2.45, 2.75) is 24.4 Å². The van der Waals surface area contributed by atoms with E-state index in [1.54, 1.807) is 0 Å². The molecule has 0 spiro atoms. The van der Waals surface area contributed by atoms with Gasteiger partial charge < -0.3 is 55.2 Å². The van der Waals surface area contributed by atoms with Crippen LogP contribution in [0.4, 0.5) is 4.79 Å². The molecule has 0 rings (SSSR count). The fourth-order valence-corrected chi connectivity index (χ4v) is 0.652. The van der Waals surface area contributed by atoms with Crippen LogP contribution in [-0.2, 0) is 26.7 Å². The van der Waals surface area contributed by atoms with Gasteiger partial charge in [-0.2, -0.15) is 0 Å². The zero-order chi connectivity index (χ0) is 15.0. The second-order valence-electron chi connectivity index (χ2n) is 2.77. The Hall–Kier alpha value is -1.43. The fraction of sp³-hybridized carbons (Fsp3) is 0.571. The van der Waals surface area contributed by atoms with E-state index in [9.17, 15) is 19.8 Å². The number of hydrogen-bond donors (Lipinski definition) is 5. The number of hydrogen-bond acceptors (Lipinski definition) is 10. The third-order valence-corrected chi connectivity index (χ3v) is 1.48. The minimum absolute atomic E-state index is 0. The smallest absolute Gasteiger partial charge is 0.565 e. The van der Waals surface area contributed by atoms with Gasteiger partial charge in [-0.1, -0.05) is 0 Å². The maximum atomic E-state index is 9.96. The van der Waals surface area contributed by atoms with Gasteiger partial charge in [0.05, 0.1) is 11.9 Å². The van der Waals surface area contributed by atoms with Crippen LogP contribution in [0.15, 0.2) is 0 Å². The Balaban J connectivity index is -0.000000448. The zero-order valence-electron chi connectivity index (χ0n) is 8.85. The van der Waals surface area contributed by atoms with Crippen molar-refractivity contribution in [2.75, 3.05) is 0 Å². The summed E-state index contributed by atoms with van der Waals surface area (Å²) in [5.41, 5.74) is 0. The van der Waals surface area contributed by atoms with Gasteiger partial charge in [0.2, 0.25) is 6.16 Å². The van der Waals surface area contributed by atoms with Crippen LogP contribution in [-0.4, -0.2) is 68.0 Å². The van der Waals surface area contributed by atoms with Crippen molar-refractivity contribution in [3.8, 4) is 0 Å². The van der Waals surface area contributed by atoms with Gasteiger partial charge in [-0.3, -0.25) is 0 Å². The Labute approximate surface area is 115 Å². The molecule has 0 bridgehead atoms. The molecule has 12 heteroatoms. The maximum Gasteiger partial charge on any atom is 3.00 e. The number of carbonyl (C=O) groups is 3. The van der Waals surface area contributed by atoms with Crippen LogP contribution in [0.25, 0.3) is 0 Å². The molecule has 0 amide bonds. The third kappa shape index (κ3) is 10.2. The molecule has 0 fully saturated rings. The van der Waals surface area contributed by atoms with Crippen LogP contribution in [0, 0.1) is 0 Å². The molecular formula is C7H9FeO11. The molecule has 0 unspecified atom stereocenters. The van der Waals surface area contributed by atoms with E-state index < -0.39 is 42.5 Å². The van der Waals surface area contributed by atoms with Crippen LogP contribution < -0.4 is 15.3 Å². The Kier molecular flexibility index (Phi) is 12.5. The Morgan fingerprint density at radius 3 is 1.00 bits per heavy atom. The summed E-state index contributed by atoms with van der Waals surface area (Å²) < 4.78 is 0. The summed E-state index contributed by atoms with van der Waals surface area (Å²) in [5, 5.41) is 70.0. The first-order valence-corrected chi connectivity index (χ1v) is 4.06. The number of carboxylic acids is 2. The fourth-order valence-electron chi connectivity index (χ4n) is 0.652. The minimum Gasteiger partial charge on any atom is -0.565 e. The Morgan fingerprint density at radius 2 is 0.895 bits per heavy atom. The summed E-state index contributed by atoms with van der Waals surface area (Å²) in [6, 6.07) is 0. The van der Waals surface area contributed by atoms with Crippen molar-refractivity contribution < 1.29 is 72.3 Å². The summed E-state index contributed by atoms with van der Waals surface area (Å²) in [7, 11) is 0. The number of carboxylic acid groups (broad SMARTS) is 4. The molecule has 111 valence electrons. The molecule has 5 N–H and O–H groups in total. The number of aliphatic hydroxyl groups excluding tert-OH is 4. The monoisotopic (exact) mass is 325 g/mol. The summed E-state index contributed by atoms with van der Waals surface area (Å²) in [5.74, 6) is -4.22. The third-order valence-electron chi connectivity index (χ3n) is 1.48. The second-order valence-corrected chi connectivity index (χ2v) is 2.77. The summed E-state index contributed by atoms with van der Waals surface area (Å²) in [6.45, 7) is 0. The molecular weight excluding hydrogens is 316 g/mol. The minimum atomic E-state index is -2.50. The number of rotatable bonds is 5. The number of carbonyl (C=O) groups excluding carboxylic acids is 2. The molecule has 0 aromatic heterocycles. The summed E-state index contributed by atoms with van der Waals surface area (Å²) in [4.78, 5) is 28.4. The van der Waals surface area contributed by atoms with Gasteiger partial charge in [0, 0.05) is 0 Å². The van der Waals surface area contributed by atoms with Gasteiger partial charge in [-0.05, 0) is 0 Å². The normalized spacial score (nSPS) is 15.6. The topological polar surface area (TPSA) is 222 Å². The first-order chi connectivity index (χ1) is 8.02. The van der Waals surface area contributed by atoms with Gasteiger partial charge in [0.25, 0.3) is 0 Å². The van der Waals surface area contributed by atoms with Gasteiger partial charge in [0.1, 0.15) is 24.4 Å². The molecule has 0 saturated carbocycles. The van der Waals surface area contributed by atoms with E-state index in [-0.39, 0.29) is 17.1 Å². The van der Waals surface area contributed by atoms with E-state index in [1.807, 2.05) is 0 Å². The van der Waals surface area contributed by atoms with Crippen LogP contribution >= 0.6 is 0 Å². The van der Waals surface area contributed by atoms with E-state index in [1.165, 1.54) is 0 Å². The molecule has 0 saturated heterocycles. The molecule has 0 aliphatic carbocycles. The van der Waals surface area contributed by atoms with Gasteiger partial charge in [-0.15, -0.1) is 0 Å². The van der Waals surface area contributed by atoms with E-state index in [4.69, 9.17) is 35.4 Å². The molecule has 19 heavy (non-hydrogen) atoms. The molecule has 0 aromatic rings. The van der Waals surface area contributed by atoms with E-state index in [0.717, 1.165) is 0 Å². The molecule has 0 aliphatic heterocycles. The zero-order valence-corrected chi connectivity index (χ0v) is 9.95. The quantitative estimate of drug-likeness (QED) is 0.298. The maximum absolute atomic E-state index is 9.96. The molecule has 0 aliphatic rings. The summed E-state index contributed by atoms with van der Waals surface area (Å²) >= 11 is 0. The predicted octanol–water partition coefficient (Wildman–Crippen LogP) is -7.18. The standard InChI is InChI=1S/C6H10O8.CH2O3.Fe/c7-1(3(9)5(11)12)2(8)4(10)6(13)14;2-1(3)4;/h1-4,7-10H,(H,11,12)(H,13,14);(H2,2,3,4);/q;;+3/p-3/t1-,2-,3-,4+;;/m0../s1. The largest absolute Gasteiger partial charge is 3.00 e. The van der Waals surface area contributed by atoms with Crippen molar-refractivity contribution in [1.29, 1.82) is 0 Å². The van der Waals surface area contributed by atoms with Crippen LogP contribution in [0.5, 0.6) is 0 Å². The average molecular weight is 325 g/mol. The molecule has 1 radical (unpaired) electrons. The van der Waals surface area contributed by atoms with Crippen LogP contribution in [0.2, 0.25) is 0 Å².